The number of carbonyl (C=O) groups excluding carboxylic acids is 2. The number of amides is 2. The average Bonchev–Trinajstić information content (AvgIpc) is 2.90. The van der Waals surface area contributed by atoms with Crippen molar-refractivity contribution in [2.45, 2.75) is 32.9 Å². The van der Waals surface area contributed by atoms with Crippen LogP contribution in [-0.4, -0.2) is 41.4 Å². The number of anilines is 1. The fraction of sp³-hybridized carbons (Fsp3) is 0.321. The van der Waals surface area contributed by atoms with Crippen molar-refractivity contribution in [2.24, 2.45) is 11.7 Å². The fourth-order valence-electron chi connectivity index (χ4n) is 4.27. The van der Waals surface area contributed by atoms with Crippen LogP contribution < -0.4 is 20.5 Å². The highest BCUT2D eigenvalue weighted by molar-refractivity contribution is 6.04. The van der Waals surface area contributed by atoms with E-state index in [4.69, 9.17) is 15.2 Å². The molecule has 1 aromatic heterocycles. The van der Waals surface area contributed by atoms with Gasteiger partial charge in [0.15, 0.2) is 11.5 Å². The van der Waals surface area contributed by atoms with E-state index in [0.29, 0.717) is 42.5 Å². The molecule has 8 heteroatoms. The lowest BCUT2D eigenvalue weighted by Gasteiger charge is -2.31. The van der Waals surface area contributed by atoms with Crippen LogP contribution in [0.5, 0.6) is 11.5 Å². The number of primary amides is 1. The second-order valence-corrected chi connectivity index (χ2v) is 8.87. The van der Waals surface area contributed by atoms with E-state index >= 15 is 0 Å². The van der Waals surface area contributed by atoms with Crippen LogP contribution >= 0.6 is 0 Å². The summed E-state index contributed by atoms with van der Waals surface area (Å²) >= 11 is 0. The second-order valence-electron chi connectivity index (χ2n) is 8.87. The maximum absolute atomic E-state index is 12.9. The topological polar surface area (TPSA) is 107 Å². The van der Waals surface area contributed by atoms with Crippen LogP contribution in [0.1, 0.15) is 41.3 Å². The Labute approximate surface area is 211 Å². The third kappa shape index (κ3) is 6.82. The lowest BCUT2D eigenvalue weighted by Crippen LogP contribution is -2.40. The zero-order chi connectivity index (χ0) is 25.3. The number of benzene rings is 2. The normalized spacial score (nSPS) is 15.8. The Morgan fingerprint density at radius 2 is 1.92 bits per heavy atom. The van der Waals surface area contributed by atoms with E-state index in [9.17, 15) is 9.59 Å². The number of ether oxygens (including phenoxy) is 2. The van der Waals surface area contributed by atoms with Gasteiger partial charge in [-0.05, 0) is 68.3 Å². The smallest absolute Gasteiger partial charge is 0.255 e. The van der Waals surface area contributed by atoms with E-state index in [1.807, 2.05) is 43.3 Å². The first kappa shape index (κ1) is 25.2. The quantitative estimate of drug-likeness (QED) is 0.447. The van der Waals surface area contributed by atoms with Crippen LogP contribution in [0.3, 0.4) is 0 Å². The minimum atomic E-state index is -0.233. The molecule has 3 N–H and O–H groups in total. The van der Waals surface area contributed by atoms with Crippen molar-refractivity contribution in [1.82, 2.24) is 9.88 Å². The van der Waals surface area contributed by atoms with E-state index in [1.165, 1.54) is 0 Å². The van der Waals surface area contributed by atoms with Crippen LogP contribution in [0.2, 0.25) is 0 Å². The van der Waals surface area contributed by atoms with Gasteiger partial charge in [0, 0.05) is 42.3 Å². The van der Waals surface area contributed by atoms with Crippen molar-refractivity contribution < 1.29 is 19.1 Å². The summed E-state index contributed by atoms with van der Waals surface area (Å²) in [5, 5.41) is 2.94. The summed E-state index contributed by atoms with van der Waals surface area (Å²) in [4.78, 5) is 30.8. The molecule has 1 atom stereocenters. The summed E-state index contributed by atoms with van der Waals surface area (Å²) < 4.78 is 11.6. The number of rotatable bonds is 10. The lowest BCUT2D eigenvalue weighted by atomic mass is 9.97. The molecule has 0 spiro atoms. The largest absolute Gasteiger partial charge is 0.490 e. The highest BCUT2D eigenvalue weighted by atomic mass is 16.5. The molecule has 188 valence electrons. The van der Waals surface area contributed by atoms with E-state index in [2.05, 4.69) is 15.2 Å². The standard InChI is InChI=1S/C28H32N4O4/c1-2-35-26-15-22(9-12-25(26)36-19-21-5-3-13-30-16-21)28(34)31-24-10-7-20(8-11-24)17-32-14-4-6-23(18-32)27(29)33/h3,5,7-13,15-16,23H,2,4,6,14,17-19H2,1H3,(H2,29,33)(H,31,34). The Bertz CT molecular complexity index is 1170. The molecule has 1 aliphatic rings. The van der Waals surface area contributed by atoms with E-state index in [-0.39, 0.29) is 17.7 Å². The van der Waals surface area contributed by atoms with Gasteiger partial charge in [0.05, 0.1) is 12.5 Å². The number of likely N-dealkylation sites (tertiary alicyclic amines) is 1. The summed E-state index contributed by atoms with van der Waals surface area (Å²) in [5.41, 5.74) is 8.72. The Morgan fingerprint density at radius 3 is 2.64 bits per heavy atom. The molecule has 8 nitrogen and oxygen atoms in total. The zero-order valence-electron chi connectivity index (χ0n) is 20.5. The molecule has 4 rings (SSSR count). The van der Waals surface area contributed by atoms with Crippen molar-refractivity contribution >= 4 is 17.5 Å². The summed E-state index contributed by atoms with van der Waals surface area (Å²) in [7, 11) is 0. The van der Waals surface area contributed by atoms with Crippen LogP contribution in [0, 0.1) is 5.92 Å². The number of nitrogens with zero attached hydrogens (tertiary/aromatic N) is 2. The van der Waals surface area contributed by atoms with Gasteiger partial charge in [-0.25, -0.2) is 0 Å². The van der Waals surface area contributed by atoms with Gasteiger partial charge < -0.3 is 20.5 Å². The summed E-state index contributed by atoms with van der Waals surface area (Å²) in [6, 6.07) is 16.7. The Kier molecular flexibility index (Phi) is 8.52. The van der Waals surface area contributed by atoms with Crippen LogP contribution in [0.4, 0.5) is 5.69 Å². The van der Waals surface area contributed by atoms with E-state index < -0.39 is 0 Å². The molecule has 2 aromatic carbocycles. The molecule has 3 aromatic rings. The van der Waals surface area contributed by atoms with Gasteiger partial charge in [0.25, 0.3) is 5.91 Å². The highest BCUT2D eigenvalue weighted by Crippen LogP contribution is 2.30. The van der Waals surface area contributed by atoms with Crippen LogP contribution in [0.15, 0.2) is 67.0 Å². The molecule has 2 amide bonds. The molecule has 1 fully saturated rings. The second kappa shape index (κ2) is 12.2. The van der Waals surface area contributed by atoms with Gasteiger partial charge in [-0.1, -0.05) is 18.2 Å². The minimum Gasteiger partial charge on any atom is -0.490 e. The summed E-state index contributed by atoms with van der Waals surface area (Å²) in [6.07, 6.45) is 5.29. The number of aromatic nitrogens is 1. The Hall–Kier alpha value is -3.91. The molecule has 1 unspecified atom stereocenters. The third-order valence-electron chi connectivity index (χ3n) is 6.15. The molecule has 1 aliphatic heterocycles. The van der Waals surface area contributed by atoms with Gasteiger partial charge in [-0.15, -0.1) is 0 Å². The maximum Gasteiger partial charge on any atom is 0.255 e. The molecular weight excluding hydrogens is 456 g/mol. The maximum atomic E-state index is 12.9. The number of piperidine rings is 1. The molecule has 0 aliphatic carbocycles. The number of pyridine rings is 1. The summed E-state index contributed by atoms with van der Waals surface area (Å²) in [5.74, 6) is 0.547. The number of nitrogens with two attached hydrogens (primary N) is 1. The predicted octanol–water partition coefficient (Wildman–Crippen LogP) is 4.01. The molecule has 0 saturated carbocycles. The molecule has 0 bridgehead atoms. The van der Waals surface area contributed by atoms with E-state index in [1.54, 1.807) is 30.6 Å². The SMILES string of the molecule is CCOc1cc(C(=O)Nc2ccc(CN3CCCC(C(N)=O)C3)cc2)ccc1OCc1cccnc1. The fourth-order valence-corrected chi connectivity index (χ4v) is 4.27. The van der Waals surface area contributed by atoms with Gasteiger partial charge in [0.2, 0.25) is 5.91 Å². The van der Waals surface area contributed by atoms with Crippen molar-refractivity contribution in [3.8, 4) is 11.5 Å². The van der Waals surface area contributed by atoms with E-state index in [0.717, 1.165) is 37.1 Å². The number of carbonyl (C=O) groups is 2. The first-order valence-electron chi connectivity index (χ1n) is 12.2. The van der Waals surface area contributed by atoms with Crippen molar-refractivity contribution in [3.63, 3.8) is 0 Å². The zero-order valence-corrected chi connectivity index (χ0v) is 20.5. The lowest BCUT2D eigenvalue weighted by molar-refractivity contribution is -0.123. The van der Waals surface area contributed by atoms with Gasteiger partial charge in [-0.2, -0.15) is 0 Å². The molecule has 36 heavy (non-hydrogen) atoms. The first-order valence-corrected chi connectivity index (χ1v) is 12.2. The Morgan fingerprint density at radius 1 is 1.08 bits per heavy atom. The van der Waals surface area contributed by atoms with Gasteiger partial charge in [-0.3, -0.25) is 19.5 Å². The molecule has 2 heterocycles. The van der Waals surface area contributed by atoms with Gasteiger partial charge >= 0.3 is 0 Å². The highest BCUT2D eigenvalue weighted by Gasteiger charge is 2.23. The first-order chi connectivity index (χ1) is 17.5. The Balaban J connectivity index is 1.36. The number of hydrogen-bond acceptors (Lipinski definition) is 6. The summed E-state index contributed by atoms with van der Waals surface area (Å²) in [6.45, 7) is 5.08. The number of hydrogen-bond donors (Lipinski definition) is 2. The molecule has 1 saturated heterocycles. The average molecular weight is 489 g/mol. The van der Waals surface area contributed by atoms with Crippen LogP contribution in [-0.2, 0) is 17.9 Å². The van der Waals surface area contributed by atoms with Crippen molar-refractivity contribution in [2.75, 3.05) is 25.0 Å². The van der Waals surface area contributed by atoms with Crippen molar-refractivity contribution in [3.05, 3.63) is 83.7 Å². The predicted molar refractivity (Wildman–Crippen MR) is 138 cm³/mol. The molecular formula is C28H32N4O4. The minimum absolute atomic E-state index is 0.0778. The van der Waals surface area contributed by atoms with Crippen molar-refractivity contribution in [1.29, 1.82) is 0 Å². The van der Waals surface area contributed by atoms with Crippen LogP contribution in [0.25, 0.3) is 0 Å². The molecule has 0 radical (unpaired) electrons. The monoisotopic (exact) mass is 488 g/mol. The van der Waals surface area contributed by atoms with Gasteiger partial charge in [0.1, 0.15) is 6.61 Å². The third-order valence-corrected chi connectivity index (χ3v) is 6.15. The number of nitrogens with one attached hydrogen (secondary N) is 1.